The predicted octanol–water partition coefficient (Wildman–Crippen LogP) is 0.206. The molecule has 4 N–H and O–H groups in total. The number of hydrogen-bond donors (Lipinski definition) is 3. The fourth-order valence-electron chi connectivity index (χ4n) is 1.39. The first-order valence-electron chi connectivity index (χ1n) is 5.53. The Balaban J connectivity index is 1.84. The van der Waals surface area contributed by atoms with Gasteiger partial charge in [0.25, 0.3) is 5.91 Å². The van der Waals surface area contributed by atoms with Gasteiger partial charge in [0.15, 0.2) is 5.96 Å². The number of primary amides is 1. The number of amides is 1. The van der Waals surface area contributed by atoms with Crippen LogP contribution in [0.4, 0.5) is 0 Å². The van der Waals surface area contributed by atoms with Gasteiger partial charge in [-0.25, -0.2) is 0 Å². The van der Waals surface area contributed by atoms with Gasteiger partial charge in [-0.3, -0.25) is 9.79 Å². The van der Waals surface area contributed by atoms with Crippen molar-refractivity contribution in [1.82, 2.24) is 10.6 Å². The van der Waals surface area contributed by atoms with Crippen molar-refractivity contribution in [1.29, 1.82) is 0 Å². The Hall–Kier alpha value is -1.98. The van der Waals surface area contributed by atoms with Crippen molar-refractivity contribution in [3.63, 3.8) is 0 Å². The number of furan rings is 1. The van der Waals surface area contributed by atoms with Crippen LogP contribution >= 0.6 is 0 Å². The maximum atomic E-state index is 10.9. The third-order valence-corrected chi connectivity index (χ3v) is 2.51. The Kier molecular flexibility index (Phi) is 3.32. The summed E-state index contributed by atoms with van der Waals surface area (Å²) in [5, 5.41) is 6.35. The van der Waals surface area contributed by atoms with Gasteiger partial charge in [-0.2, -0.15) is 0 Å². The summed E-state index contributed by atoms with van der Waals surface area (Å²) in [5.41, 5.74) is 5.51. The summed E-state index contributed by atoms with van der Waals surface area (Å²) in [6.45, 7) is 0.472. The highest BCUT2D eigenvalue weighted by atomic mass is 16.3. The molecule has 6 nitrogen and oxygen atoms in total. The van der Waals surface area contributed by atoms with E-state index < -0.39 is 5.91 Å². The lowest BCUT2D eigenvalue weighted by Gasteiger charge is -2.09. The molecule has 1 aliphatic carbocycles. The first-order chi connectivity index (χ1) is 8.19. The normalized spacial score (nSPS) is 15.7. The van der Waals surface area contributed by atoms with Gasteiger partial charge in [-0.05, 0) is 18.9 Å². The summed E-state index contributed by atoms with van der Waals surface area (Å²) in [5.74, 6) is 0.905. The third kappa shape index (κ3) is 3.24. The Morgan fingerprint density at radius 2 is 2.41 bits per heavy atom. The van der Waals surface area contributed by atoms with Crippen molar-refractivity contribution in [2.24, 2.45) is 10.7 Å². The van der Waals surface area contributed by atoms with E-state index in [-0.39, 0.29) is 0 Å². The molecule has 0 spiro atoms. The number of rotatable bonds is 4. The number of carbonyl (C=O) groups is 1. The molecule has 1 amide bonds. The Morgan fingerprint density at radius 1 is 1.65 bits per heavy atom. The first kappa shape index (κ1) is 11.5. The summed E-state index contributed by atoms with van der Waals surface area (Å²) in [6.07, 6.45) is 3.73. The molecule has 0 radical (unpaired) electrons. The summed E-state index contributed by atoms with van der Waals surface area (Å²) >= 11 is 0. The summed E-state index contributed by atoms with van der Waals surface area (Å²) in [6, 6.07) is 2.17. The minimum atomic E-state index is -0.486. The molecule has 0 unspecified atom stereocenters. The molecule has 1 heterocycles. The van der Waals surface area contributed by atoms with Crippen LogP contribution in [0.3, 0.4) is 0 Å². The number of nitrogens with two attached hydrogens (primary N) is 1. The summed E-state index contributed by atoms with van der Waals surface area (Å²) in [4.78, 5) is 15.0. The second kappa shape index (κ2) is 4.90. The van der Waals surface area contributed by atoms with Crippen molar-refractivity contribution in [3.05, 3.63) is 23.7 Å². The molecule has 0 aliphatic heterocycles. The SMILES string of the molecule is CN=C(NCc1cc(C(N)=O)co1)NC1CC1. The van der Waals surface area contributed by atoms with Gasteiger partial charge in [0, 0.05) is 13.1 Å². The van der Waals surface area contributed by atoms with E-state index in [0.717, 1.165) is 5.96 Å². The van der Waals surface area contributed by atoms with Gasteiger partial charge in [0.05, 0.1) is 12.1 Å². The van der Waals surface area contributed by atoms with Crippen LogP contribution < -0.4 is 16.4 Å². The zero-order chi connectivity index (χ0) is 12.3. The van der Waals surface area contributed by atoms with Crippen molar-refractivity contribution < 1.29 is 9.21 Å². The van der Waals surface area contributed by atoms with Crippen molar-refractivity contribution in [2.75, 3.05) is 7.05 Å². The number of carbonyl (C=O) groups excluding carboxylic acids is 1. The van der Waals surface area contributed by atoms with Crippen LogP contribution in [-0.4, -0.2) is 25.0 Å². The highest BCUT2D eigenvalue weighted by Gasteiger charge is 2.22. The van der Waals surface area contributed by atoms with Crippen LogP contribution in [-0.2, 0) is 6.54 Å². The number of nitrogens with zero attached hydrogens (tertiary/aromatic N) is 1. The molecular formula is C11H16N4O2. The average molecular weight is 236 g/mol. The van der Waals surface area contributed by atoms with Gasteiger partial charge in [0.1, 0.15) is 12.0 Å². The van der Waals surface area contributed by atoms with E-state index in [9.17, 15) is 4.79 Å². The Labute approximate surface area is 99.3 Å². The van der Waals surface area contributed by atoms with Gasteiger partial charge in [-0.15, -0.1) is 0 Å². The smallest absolute Gasteiger partial charge is 0.251 e. The Bertz CT molecular complexity index is 434. The lowest BCUT2D eigenvalue weighted by molar-refractivity contribution is 0.0999. The fourth-order valence-corrected chi connectivity index (χ4v) is 1.39. The van der Waals surface area contributed by atoms with Crippen LogP contribution in [0, 0.1) is 0 Å². The number of aliphatic imine (C=N–C) groups is 1. The first-order valence-corrected chi connectivity index (χ1v) is 5.53. The second-order valence-electron chi connectivity index (χ2n) is 4.01. The fraction of sp³-hybridized carbons (Fsp3) is 0.455. The number of guanidine groups is 1. The maximum absolute atomic E-state index is 10.9. The minimum Gasteiger partial charge on any atom is -0.467 e. The zero-order valence-corrected chi connectivity index (χ0v) is 9.69. The minimum absolute atomic E-state index is 0.381. The lowest BCUT2D eigenvalue weighted by atomic mass is 10.3. The molecule has 0 atom stereocenters. The van der Waals surface area contributed by atoms with E-state index in [0.29, 0.717) is 23.9 Å². The molecular weight excluding hydrogens is 220 g/mol. The maximum Gasteiger partial charge on any atom is 0.251 e. The molecule has 1 aliphatic rings. The van der Waals surface area contributed by atoms with E-state index in [1.54, 1.807) is 13.1 Å². The Morgan fingerprint density at radius 3 is 2.94 bits per heavy atom. The molecule has 0 bridgehead atoms. The quantitative estimate of drug-likeness (QED) is 0.514. The molecule has 6 heteroatoms. The summed E-state index contributed by atoms with van der Waals surface area (Å²) in [7, 11) is 1.72. The van der Waals surface area contributed by atoms with E-state index in [1.165, 1.54) is 19.1 Å². The predicted molar refractivity (Wildman–Crippen MR) is 63.6 cm³/mol. The van der Waals surface area contributed by atoms with Gasteiger partial charge < -0.3 is 20.8 Å². The van der Waals surface area contributed by atoms with Gasteiger partial charge >= 0.3 is 0 Å². The van der Waals surface area contributed by atoms with Crippen molar-refractivity contribution in [2.45, 2.75) is 25.4 Å². The van der Waals surface area contributed by atoms with Gasteiger partial charge in [-0.1, -0.05) is 0 Å². The average Bonchev–Trinajstić information content (AvgIpc) is 2.99. The molecule has 1 saturated carbocycles. The van der Waals surface area contributed by atoms with Gasteiger partial charge in [0.2, 0.25) is 0 Å². The van der Waals surface area contributed by atoms with E-state index in [2.05, 4.69) is 15.6 Å². The number of nitrogens with one attached hydrogen (secondary N) is 2. The molecule has 0 aromatic carbocycles. The van der Waals surface area contributed by atoms with E-state index in [1.807, 2.05) is 0 Å². The van der Waals surface area contributed by atoms with Crippen LogP contribution in [0.15, 0.2) is 21.7 Å². The zero-order valence-electron chi connectivity index (χ0n) is 9.69. The summed E-state index contributed by atoms with van der Waals surface area (Å²) < 4.78 is 5.20. The molecule has 17 heavy (non-hydrogen) atoms. The van der Waals surface area contributed by atoms with E-state index in [4.69, 9.17) is 10.2 Å². The van der Waals surface area contributed by atoms with Crippen LogP contribution in [0.2, 0.25) is 0 Å². The standard InChI is InChI=1S/C11H16N4O2/c1-13-11(15-8-2-3-8)14-5-9-4-7(6-17-9)10(12)16/h4,6,8H,2-3,5H2,1H3,(H2,12,16)(H2,13,14,15). The van der Waals surface area contributed by atoms with Crippen LogP contribution in [0.1, 0.15) is 29.0 Å². The highest BCUT2D eigenvalue weighted by Crippen LogP contribution is 2.18. The molecule has 92 valence electrons. The van der Waals surface area contributed by atoms with Crippen molar-refractivity contribution >= 4 is 11.9 Å². The second-order valence-corrected chi connectivity index (χ2v) is 4.01. The topological polar surface area (TPSA) is 92.6 Å². The highest BCUT2D eigenvalue weighted by molar-refractivity contribution is 5.92. The largest absolute Gasteiger partial charge is 0.467 e. The van der Waals surface area contributed by atoms with E-state index >= 15 is 0 Å². The third-order valence-electron chi connectivity index (χ3n) is 2.51. The van der Waals surface area contributed by atoms with Crippen LogP contribution in [0.5, 0.6) is 0 Å². The lowest BCUT2D eigenvalue weighted by Crippen LogP contribution is -2.37. The molecule has 1 aromatic rings. The molecule has 1 fully saturated rings. The molecule has 1 aromatic heterocycles. The van der Waals surface area contributed by atoms with Crippen LogP contribution in [0.25, 0.3) is 0 Å². The molecule has 0 saturated heterocycles. The number of hydrogen-bond acceptors (Lipinski definition) is 3. The monoisotopic (exact) mass is 236 g/mol. The molecule has 2 rings (SSSR count). The van der Waals surface area contributed by atoms with Crippen molar-refractivity contribution in [3.8, 4) is 0 Å².